The first-order valence-corrected chi connectivity index (χ1v) is 9.60. The second-order valence-corrected chi connectivity index (χ2v) is 7.45. The van der Waals surface area contributed by atoms with Gasteiger partial charge in [0, 0.05) is 44.3 Å². The summed E-state index contributed by atoms with van der Waals surface area (Å²) < 4.78 is 5.62. The van der Waals surface area contributed by atoms with E-state index in [2.05, 4.69) is 34.1 Å². The maximum atomic E-state index is 10.3. The number of β-amino-alcohol motifs (C(OH)–C–C–N with tert-alkyl or cyclic N) is 1. The highest BCUT2D eigenvalue weighted by molar-refractivity contribution is 6.35. The molecule has 1 N–H and O–H groups in total. The van der Waals surface area contributed by atoms with E-state index in [1.807, 2.05) is 6.07 Å². The molecule has 3 rings (SSSR count). The van der Waals surface area contributed by atoms with E-state index in [-0.39, 0.29) is 6.61 Å². The van der Waals surface area contributed by atoms with Crippen molar-refractivity contribution >= 4 is 23.2 Å². The molecule has 1 atom stereocenters. The summed E-state index contributed by atoms with van der Waals surface area (Å²) in [6.07, 6.45) is -0.553. The third kappa shape index (κ3) is 5.86. The SMILES string of the molecule is OC(COc1ccc(Cl)cc1Cl)CN1CCN(Cc2ccccc2)CC1. The molecule has 0 aromatic heterocycles. The van der Waals surface area contributed by atoms with Gasteiger partial charge in [0.15, 0.2) is 0 Å². The summed E-state index contributed by atoms with van der Waals surface area (Å²) in [5.41, 5.74) is 1.34. The van der Waals surface area contributed by atoms with Crippen molar-refractivity contribution < 1.29 is 9.84 Å². The number of hydrogen-bond donors (Lipinski definition) is 1. The summed E-state index contributed by atoms with van der Waals surface area (Å²) in [5, 5.41) is 11.3. The number of ether oxygens (including phenoxy) is 1. The van der Waals surface area contributed by atoms with E-state index in [0.29, 0.717) is 22.3 Å². The second kappa shape index (κ2) is 9.58. The first kappa shape index (κ1) is 19.5. The molecule has 0 spiro atoms. The van der Waals surface area contributed by atoms with Crippen LogP contribution >= 0.6 is 23.2 Å². The van der Waals surface area contributed by atoms with E-state index in [9.17, 15) is 5.11 Å². The van der Waals surface area contributed by atoms with Crippen LogP contribution in [0.4, 0.5) is 0 Å². The minimum absolute atomic E-state index is 0.214. The first-order chi connectivity index (χ1) is 12.6. The summed E-state index contributed by atoms with van der Waals surface area (Å²) in [7, 11) is 0. The van der Waals surface area contributed by atoms with Crippen LogP contribution < -0.4 is 4.74 Å². The zero-order valence-corrected chi connectivity index (χ0v) is 16.2. The maximum absolute atomic E-state index is 10.3. The topological polar surface area (TPSA) is 35.9 Å². The number of halogens is 2. The van der Waals surface area contributed by atoms with Crippen molar-refractivity contribution in [1.82, 2.24) is 9.80 Å². The van der Waals surface area contributed by atoms with E-state index >= 15 is 0 Å². The number of piperazine rings is 1. The molecule has 140 valence electrons. The van der Waals surface area contributed by atoms with E-state index in [1.165, 1.54) is 5.56 Å². The van der Waals surface area contributed by atoms with Gasteiger partial charge in [0.05, 0.1) is 5.02 Å². The summed E-state index contributed by atoms with van der Waals surface area (Å²) in [4.78, 5) is 4.72. The Balaban J connectivity index is 1.38. The molecule has 6 heteroatoms. The molecule has 0 aliphatic carbocycles. The molecule has 1 aliphatic rings. The fourth-order valence-corrected chi connectivity index (χ4v) is 3.56. The van der Waals surface area contributed by atoms with Gasteiger partial charge in [0.2, 0.25) is 0 Å². The molecule has 0 bridgehead atoms. The summed E-state index contributed by atoms with van der Waals surface area (Å²) >= 11 is 12.0. The van der Waals surface area contributed by atoms with Gasteiger partial charge < -0.3 is 9.84 Å². The largest absolute Gasteiger partial charge is 0.489 e. The number of aliphatic hydroxyl groups is 1. The zero-order chi connectivity index (χ0) is 18.4. The van der Waals surface area contributed by atoms with Crippen molar-refractivity contribution in [3.8, 4) is 5.75 Å². The molecule has 1 saturated heterocycles. The average molecular weight is 395 g/mol. The fourth-order valence-electron chi connectivity index (χ4n) is 3.10. The number of rotatable bonds is 7. The second-order valence-electron chi connectivity index (χ2n) is 6.60. The van der Waals surface area contributed by atoms with Gasteiger partial charge in [-0.25, -0.2) is 0 Å². The maximum Gasteiger partial charge on any atom is 0.138 e. The predicted molar refractivity (Wildman–Crippen MR) is 106 cm³/mol. The Labute approximate surface area is 164 Å². The summed E-state index contributed by atoms with van der Waals surface area (Å²) in [6.45, 7) is 5.71. The number of benzene rings is 2. The van der Waals surface area contributed by atoms with Crippen LogP contribution in [0, 0.1) is 0 Å². The standard InChI is InChI=1S/C20H24Cl2N2O2/c21-17-6-7-20(19(22)12-17)26-15-18(25)14-24-10-8-23(9-11-24)13-16-4-2-1-3-5-16/h1-7,12,18,25H,8-11,13-15H2. The van der Waals surface area contributed by atoms with Crippen molar-refractivity contribution in [2.24, 2.45) is 0 Å². The quantitative estimate of drug-likeness (QED) is 0.778. The van der Waals surface area contributed by atoms with Gasteiger partial charge in [0.1, 0.15) is 18.5 Å². The van der Waals surface area contributed by atoms with Gasteiger partial charge in [-0.3, -0.25) is 9.80 Å². The highest BCUT2D eigenvalue weighted by atomic mass is 35.5. The molecule has 26 heavy (non-hydrogen) atoms. The monoisotopic (exact) mass is 394 g/mol. The zero-order valence-electron chi connectivity index (χ0n) is 14.7. The lowest BCUT2D eigenvalue weighted by Crippen LogP contribution is -2.48. The van der Waals surface area contributed by atoms with Crippen molar-refractivity contribution in [2.45, 2.75) is 12.6 Å². The molecule has 4 nitrogen and oxygen atoms in total. The Morgan fingerprint density at radius 2 is 1.65 bits per heavy atom. The number of nitrogens with zero attached hydrogens (tertiary/aromatic N) is 2. The highest BCUT2D eigenvalue weighted by Gasteiger charge is 2.19. The highest BCUT2D eigenvalue weighted by Crippen LogP contribution is 2.27. The van der Waals surface area contributed by atoms with E-state index in [4.69, 9.17) is 27.9 Å². The van der Waals surface area contributed by atoms with Crippen LogP contribution in [-0.2, 0) is 6.54 Å². The summed E-state index contributed by atoms with van der Waals surface area (Å²) in [5.74, 6) is 0.544. The lowest BCUT2D eigenvalue weighted by molar-refractivity contribution is 0.0446. The Hall–Kier alpha value is -1.30. The third-order valence-electron chi connectivity index (χ3n) is 4.51. The molecule has 1 aliphatic heterocycles. The van der Waals surface area contributed by atoms with E-state index in [1.54, 1.807) is 18.2 Å². The number of aliphatic hydroxyl groups excluding tert-OH is 1. The minimum Gasteiger partial charge on any atom is -0.489 e. The van der Waals surface area contributed by atoms with Crippen molar-refractivity contribution in [1.29, 1.82) is 0 Å². The lowest BCUT2D eigenvalue weighted by Gasteiger charge is -2.35. The molecule has 2 aromatic rings. The van der Waals surface area contributed by atoms with Gasteiger partial charge >= 0.3 is 0 Å². The third-order valence-corrected chi connectivity index (χ3v) is 5.04. The molecule has 2 aromatic carbocycles. The molecule has 0 radical (unpaired) electrons. The molecular formula is C20H24Cl2N2O2. The van der Waals surface area contributed by atoms with Gasteiger partial charge in [0.25, 0.3) is 0 Å². The molecular weight excluding hydrogens is 371 g/mol. The predicted octanol–water partition coefficient (Wildman–Crippen LogP) is 3.55. The smallest absolute Gasteiger partial charge is 0.138 e. The molecule has 1 unspecified atom stereocenters. The van der Waals surface area contributed by atoms with Crippen LogP contribution in [0.1, 0.15) is 5.56 Å². The molecule has 0 saturated carbocycles. The van der Waals surface area contributed by atoms with Crippen molar-refractivity contribution in [2.75, 3.05) is 39.3 Å². The molecule has 1 heterocycles. The van der Waals surface area contributed by atoms with Gasteiger partial charge in [-0.2, -0.15) is 0 Å². The van der Waals surface area contributed by atoms with Gasteiger partial charge in [-0.1, -0.05) is 53.5 Å². The van der Waals surface area contributed by atoms with Crippen LogP contribution in [-0.4, -0.2) is 60.3 Å². The minimum atomic E-state index is -0.553. The Bertz CT molecular complexity index is 691. The van der Waals surface area contributed by atoms with Crippen molar-refractivity contribution in [3.63, 3.8) is 0 Å². The Kier molecular flexibility index (Phi) is 7.17. The fraction of sp³-hybridized carbons (Fsp3) is 0.400. The van der Waals surface area contributed by atoms with Crippen LogP contribution in [0.3, 0.4) is 0 Å². The van der Waals surface area contributed by atoms with E-state index < -0.39 is 6.10 Å². The normalized spacial score (nSPS) is 17.2. The molecule has 1 fully saturated rings. The van der Waals surface area contributed by atoms with Gasteiger partial charge in [-0.05, 0) is 23.8 Å². The summed E-state index contributed by atoms with van der Waals surface area (Å²) in [6, 6.07) is 15.6. The average Bonchev–Trinajstić information content (AvgIpc) is 2.63. The Morgan fingerprint density at radius 1 is 0.962 bits per heavy atom. The molecule has 0 amide bonds. The van der Waals surface area contributed by atoms with Crippen LogP contribution in [0.15, 0.2) is 48.5 Å². The van der Waals surface area contributed by atoms with Crippen molar-refractivity contribution in [3.05, 3.63) is 64.1 Å². The lowest BCUT2D eigenvalue weighted by atomic mass is 10.2. The van der Waals surface area contributed by atoms with E-state index in [0.717, 1.165) is 32.7 Å². The van der Waals surface area contributed by atoms with Gasteiger partial charge in [-0.15, -0.1) is 0 Å². The van der Waals surface area contributed by atoms with Crippen LogP contribution in [0.5, 0.6) is 5.75 Å². The number of hydrogen-bond acceptors (Lipinski definition) is 4. The first-order valence-electron chi connectivity index (χ1n) is 8.85. The van der Waals surface area contributed by atoms with Crippen LogP contribution in [0.25, 0.3) is 0 Å². The Morgan fingerprint density at radius 3 is 2.35 bits per heavy atom. The van der Waals surface area contributed by atoms with Crippen LogP contribution in [0.2, 0.25) is 10.0 Å².